The van der Waals surface area contributed by atoms with Crippen molar-refractivity contribution in [1.29, 1.82) is 0 Å². The maximum atomic E-state index is 2.71. The van der Waals surface area contributed by atoms with E-state index in [1.54, 1.807) is 0 Å². The van der Waals surface area contributed by atoms with E-state index in [4.69, 9.17) is 0 Å². The number of hydrogen-bond donors (Lipinski definition) is 0. The first-order valence-electron chi connectivity index (χ1n) is 26.9. The maximum absolute atomic E-state index is 2.71. The van der Waals surface area contributed by atoms with Crippen LogP contribution in [0.4, 0.5) is 34.1 Å². The van der Waals surface area contributed by atoms with Crippen LogP contribution in [0.2, 0.25) is 0 Å². The molecule has 1 saturated carbocycles. The number of fused-ring (bicyclic) bond motifs is 4. The fourth-order valence-corrected chi connectivity index (χ4v) is 12.8. The third kappa shape index (κ3) is 7.90. The van der Waals surface area contributed by atoms with E-state index in [-0.39, 0.29) is 6.71 Å². The molecule has 1 fully saturated rings. The third-order valence-electron chi connectivity index (χ3n) is 16.2. The second kappa shape index (κ2) is 19.2. The molecule has 11 aromatic rings. The molecule has 11 aromatic carbocycles. The third-order valence-corrected chi connectivity index (χ3v) is 16.2. The van der Waals surface area contributed by atoms with Crippen LogP contribution >= 0.6 is 0 Å². The van der Waals surface area contributed by atoms with Gasteiger partial charge in [-0.15, -0.1) is 0 Å². The van der Waals surface area contributed by atoms with Crippen molar-refractivity contribution >= 4 is 57.2 Å². The summed E-state index contributed by atoms with van der Waals surface area (Å²) in [5, 5.41) is 0. The largest absolute Gasteiger partial charge is 0.310 e. The molecule has 2 heterocycles. The van der Waals surface area contributed by atoms with Crippen LogP contribution < -0.4 is 26.2 Å². The summed E-state index contributed by atoms with van der Waals surface area (Å²) in [6, 6.07) is 100.0. The van der Waals surface area contributed by atoms with Crippen LogP contribution in [0, 0.1) is 0 Å². The van der Waals surface area contributed by atoms with Gasteiger partial charge in [0.2, 0.25) is 0 Å². The lowest BCUT2D eigenvalue weighted by Crippen LogP contribution is -2.61. The molecule has 14 rings (SSSR count). The molecule has 0 atom stereocenters. The lowest BCUT2D eigenvalue weighted by Gasteiger charge is -2.46. The number of anilines is 6. The molecule has 0 saturated heterocycles. The van der Waals surface area contributed by atoms with Crippen LogP contribution in [-0.4, -0.2) is 6.71 Å². The number of hydrogen-bond acceptors (Lipinski definition) is 2. The molecule has 0 bridgehead atoms. The van der Waals surface area contributed by atoms with E-state index in [1.807, 2.05) is 0 Å². The van der Waals surface area contributed by atoms with Gasteiger partial charge in [0, 0.05) is 45.0 Å². The summed E-state index contributed by atoms with van der Waals surface area (Å²) < 4.78 is 0. The van der Waals surface area contributed by atoms with Crippen molar-refractivity contribution in [2.24, 2.45) is 0 Å². The average molecular weight is 959 g/mol. The Kier molecular flexibility index (Phi) is 11.4. The van der Waals surface area contributed by atoms with Gasteiger partial charge in [-0.05, 0) is 109 Å². The number of para-hydroxylation sites is 2. The molecule has 1 aliphatic carbocycles. The molecule has 0 radical (unpaired) electrons. The van der Waals surface area contributed by atoms with Crippen LogP contribution in [0.25, 0.3) is 66.8 Å². The van der Waals surface area contributed by atoms with Gasteiger partial charge in [-0.1, -0.05) is 262 Å². The second-order valence-corrected chi connectivity index (χ2v) is 20.6. The highest BCUT2D eigenvalue weighted by Crippen LogP contribution is 2.54. The molecule has 3 heteroatoms. The smallest absolute Gasteiger partial charge is 0.252 e. The monoisotopic (exact) mass is 958 g/mol. The Morgan fingerprint density at radius 1 is 0.280 bits per heavy atom. The van der Waals surface area contributed by atoms with Crippen molar-refractivity contribution < 1.29 is 0 Å². The normalized spacial score (nSPS) is 13.7. The Morgan fingerprint density at radius 3 is 0.960 bits per heavy atom. The molecular formula is C72H55BN2. The van der Waals surface area contributed by atoms with Gasteiger partial charge in [0.25, 0.3) is 6.71 Å². The summed E-state index contributed by atoms with van der Waals surface area (Å²) in [5.74, 6) is 0.424. The molecular weight excluding hydrogens is 904 g/mol. The maximum Gasteiger partial charge on any atom is 0.252 e. The Hall–Kier alpha value is -8.92. The van der Waals surface area contributed by atoms with E-state index in [1.165, 1.54) is 155 Å². The van der Waals surface area contributed by atoms with Gasteiger partial charge in [-0.2, -0.15) is 0 Å². The molecule has 0 amide bonds. The first-order chi connectivity index (χ1) is 37.2. The van der Waals surface area contributed by atoms with Gasteiger partial charge >= 0.3 is 0 Å². The second-order valence-electron chi connectivity index (χ2n) is 20.6. The SMILES string of the molecule is c1ccc(-c2ccc3c(c2)N(c2c(-c4ccccc4)cccc2-c2ccccc2)c2cc(C4CCCCC4)cc4c2B3c2ccc(-c3ccccc3)cc2N4c2c(-c3ccccc3)cccc2-c2ccccc2)cc1. The van der Waals surface area contributed by atoms with Gasteiger partial charge < -0.3 is 9.80 Å². The molecule has 0 N–H and O–H groups in total. The fraction of sp³-hybridized carbons (Fsp3) is 0.0833. The highest BCUT2D eigenvalue weighted by atomic mass is 15.2. The van der Waals surface area contributed by atoms with E-state index in [0.29, 0.717) is 5.92 Å². The average Bonchev–Trinajstić information content (AvgIpc) is 3.50. The summed E-state index contributed by atoms with van der Waals surface area (Å²) >= 11 is 0. The Labute approximate surface area is 442 Å². The van der Waals surface area contributed by atoms with Crippen LogP contribution in [-0.2, 0) is 0 Å². The van der Waals surface area contributed by atoms with Gasteiger partial charge in [-0.25, -0.2) is 0 Å². The van der Waals surface area contributed by atoms with Crippen molar-refractivity contribution in [3.05, 3.63) is 272 Å². The summed E-state index contributed by atoms with van der Waals surface area (Å²) in [6.45, 7) is -0.0734. The van der Waals surface area contributed by atoms with Crippen molar-refractivity contribution in [3.8, 4) is 66.8 Å². The van der Waals surface area contributed by atoms with Gasteiger partial charge in [0.05, 0.1) is 11.4 Å². The van der Waals surface area contributed by atoms with Crippen LogP contribution in [0.1, 0.15) is 43.6 Å². The first-order valence-corrected chi connectivity index (χ1v) is 26.9. The van der Waals surface area contributed by atoms with Crippen LogP contribution in [0.3, 0.4) is 0 Å². The number of benzene rings is 11. The number of nitrogens with zero attached hydrogens (tertiary/aromatic N) is 2. The van der Waals surface area contributed by atoms with Crippen molar-refractivity contribution in [2.75, 3.05) is 9.80 Å². The Bertz CT molecular complexity index is 3490. The molecule has 356 valence electrons. The Balaban J connectivity index is 1.15. The zero-order chi connectivity index (χ0) is 49.7. The molecule has 2 aliphatic heterocycles. The molecule has 3 aliphatic rings. The summed E-state index contributed by atoms with van der Waals surface area (Å²) in [4.78, 5) is 5.41. The van der Waals surface area contributed by atoms with Gasteiger partial charge in [0.1, 0.15) is 0 Å². The van der Waals surface area contributed by atoms with Crippen LogP contribution in [0.5, 0.6) is 0 Å². The van der Waals surface area contributed by atoms with E-state index >= 15 is 0 Å². The molecule has 0 unspecified atom stereocenters. The molecule has 0 spiro atoms. The highest BCUT2D eigenvalue weighted by molar-refractivity contribution is 7.00. The zero-order valence-electron chi connectivity index (χ0n) is 42.0. The molecule has 0 aromatic heterocycles. The summed E-state index contributed by atoms with van der Waals surface area (Å²) in [6.07, 6.45) is 6.12. The van der Waals surface area contributed by atoms with Crippen molar-refractivity contribution in [2.45, 2.75) is 38.0 Å². The first kappa shape index (κ1) is 44.8. The van der Waals surface area contributed by atoms with E-state index in [2.05, 4.69) is 277 Å². The summed E-state index contributed by atoms with van der Waals surface area (Å²) in [7, 11) is 0. The predicted molar refractivity (Wildman–Crippen MR) is 319 cm³/mol. The topological polar surface area (TPSA) is 6.48 Å². The quantitative estimate of drug-likeness (QED) is 0.133. The predicted octanol–water partition coefficient (Wildman–Crippen LogP) is 17.8. The van der Waals surface area contributed by atoms with E-state index in [0.717, 1.165) is 0 Å². The lowest BCUT2D eigenvalue weighted by atomic mass is 9.33. The van der Waals surface area contributed by atoms with Crippen molar-refractivity contribution in [3.63, 3.8) is 0 Å². The minimum absolute atomic E-state index is 0.0734. The van der Waals surface area contributed by atoms with Gasteiger partial charge in [0.15, 0.2) is 0 Å². The molecule has 2 nitrogen and oxygen atoms in total. The van der Waals surface area contributed by atoms with Crippen LogP contribution in [0.15, 0.2) is 267 Å². The van der Waals surface area contributed by atoms with E-state index in [9.17, 15) is 0 Å². The summed E-state index contributed by atoms with van der Waals surface area (Å²) in [5.41, 5.74) is 27.0. The molecule has 75 heavy (non-hydrogen) atoms. The van der Waals surface area contributed by atoms with Gasteiger partial charge in [-0.3, -0.25) is 0 Å². The van der Waals surface area contributed by atoms with Crippen molar-refractivity contribution in [1.82, 2.24) is 0 Å². The standard InChI is InChI=1S/C72H55BN2/c1-8-24-50(25-9-1)57-42-44-64-66(46-57)74(71-60(53-30-14-4-15-31-53)38-22-39-61(71)54-32-16-5-17-33-54)68-48-59(52-28-12-3-13-29-52)49-69-70(68)73(64)65-45-43-58(51-26-10-2-11-27-51)47-67(65)75(69)72-62(55-34-18-6-19-35-55)40-23-41-63(72)56-36-20-7-21-37-56/h1-2,4-11,14-27,30-49,52H,3,12-13,28-29H2. The number of rotatable bonds is 9. The minimum atomic E-state index is -0.0734. The zero-order valence-corrected chi connectivity index (χ0v) is 42.0. The minimum Gasteiger partial charge on any atom is -0.310 e. The highest BCUT2D eigenvalue weighted by Gasteiger charge is 2.45. The Morgan fingerprint density at radius 2 is 0.613 bits per heavy atom. The fourth-order valence-electron chi connectivity index (χ4n) is 12.8. The lowest BCUT2D eigenvalue weighted by molar-refractivity contribution is 0.444. The van der Waals surface area contributed by atoms with E-state index < -0.39 is 0 Å².